The largest absolute Gasteiger partial charge is 0.395 e. The van der Waals surface area contributed by atoms with Crippen molar-refractivity contribution in [2.75, 3.05) is 12.9 Å². The standard InChI is InChI=1S/C10H13BrO4S/c1-16(14,15)9(6-12)10(13)7-2-4-8(11)5-3-7/h2-5,9-10,12-13H,6H2,1H3/t9-,10-/m1/s1. The Balaban J connectivity index is 3.00. The lowest BCUT2D eigenvalue weighted by molar-refractivity contribution is 0.138. The van der Waals surface area contributed by atoms with Gasteiger partial charge in [0.15, 0.2) is 9.84 Å². The predicted molar refractivity (Wildman–Crippen MR) is 64.8 cm³/mol. The second kappa shape index (κ2) is 5.27. The number of hydrogen-bond acceptors (Lipinski definition) is 4. The van der Waals surface area contributed by atoms with E-state index in [-0.39, 0.29) is 0 Å². The van der Waals surface area contributed by atoms with Crippen LogP contribution in [0.4, 0.5) is 0 Å². The molecule has 0 spiro atoms. The third-order valence-electron chi connectivity index (χ3n) is 2.29. The SMILES string of the molecule is CS(=O)(=O)[C@H](CO)[C@H](O)c1ccc(Br)cc1. The lowest BCUT2D eigenvalue weighted by Crippen LogP contribution is -2.31. The molecule has 0 aliphatic rings. The first-order valence-corrected chi connectivity index (χ1v) is 7.34. The number of hydrogen-bond donors (Lipinski definition) is 2. The molecule has 0 aromatic heterocycles. The van der Waals surface area contributed by atoms with E-state index in [1.165, 1.54) is 0 Å². The summed E-state index contributed by atoms with van der Waals surface area (Å²) in [4.78, 5) is 0. The van der Waals surface area contributed by atoms with Crippen LogP contribution in [0.25, 0.3) is 0 Å². The molecule has 2 N–H and O–H groups in total. The van der Waals surface area contributed by atoms with Crippen LogP contribution < -0.4 is 0 Å². The molecule has 6 heteroatoms. The van der Waals surface area contributed by atoms with E-state index in [0.29, 0.717) is 5.56 Å². The van der Waals surface area contributed by atoms with Crippen molar-refractivity contribution in [1.82, 2.24) is 0 Å². The van der Waals surface area contributed by atoms with Gasteiger partial charge in [-0.3, -0.25) is 0 Å². The molecule has 0 amide bonds. The molecule has 0 aliphatic heterocycles. The summed E-state index contributed by atoms with van der Waals surface area (Å²) in [6, 6.07) is 6.63. The Morgan fingerprint density at radius 1 is 1.31 bits per heavy atom. The Morgan fingerprint density at radius 3 is 2.19 bits per heavy atom. The summed E-state index contributed by atoms with van der Waals surface area (Å²) in [7, 11) is -3.48. The molecule has 4 nitrogen and oxygen atoms in total. The van der Waals surface area contributed by atoms with Crippen molar-refractivity contribution in [3.8, 4) is 0 Å². The number of aliphatic hydroxyl groups excluding tert-OH is 2. The number of aliphatic hydroxyl groups is 2. The fraction of sp³-hybridized carbons (Fsp3) is 0.400. The minimum Gasteiger partial charge on any atom is -0.395 e. The Bertz CT molecular complexity index is 440. The highest BCUT2D eigenvalue weighted by molar-refractivity contribution is 9.10. The molecule has 0 bridgehead atoms. The van der Waals surface area contributed by atoms with Crippen molar-refractivity contribution in [3.63, 3.8) is 0 Å². The lowest BCUT2D eigenvalue weighted by Gasteiger charge is -2.19. The van der Waals surface area contributed by atoms with Crippen molar-refractivity contribution in [1.29, 1.82) is 0 Å². The van der Waals surface area contributed by atoms with Gasteiger partial charge in [-0.05, 0) is 17.7 Å². The molecule has 1 rings (SSSR count). The highest BCUT2D eigenvalue weighted by atomic mass is 79.9. The first-order chi connectivity index (χ1) is 7.36. The van der Waals surface area contributed by atoms with Crippen LogP contribution in [0.3, 0.4) is 0 Å². The minimum atomic E-state index is -3.48. The minimum absolute atomic E-state index is 0.465. The zero-order valence-corrected chi connectivity index (χ0v) is 11.1. The molecular weight excluding hydrogens is 296 g/mol. The van der Waals surface area contributed by atoms with Crippen LogP contribution in [0.2, 0.25) is 0 Å². The average Bonchev–Trinajstić information content (AvgIpc) is 2.17. The van der Waals surface area contributed by atoms with Gasteiger partial charge in [0.2, 0.25) is 0 Å². The summed E-state index contributed by atoms with van der Waals surface area (Å²) in [6.45, 7) is -0.601. The quantitative estimate of drug-likeness (QED) is 0.866. The maximum Gasteiger partial charge on any atom is 0.155 e. The van der Waals surface area contributed by atoms with Gasteiger partial charge in [-0.2, -0.15) is 0 Å². The van der Waals surface area contributed by atoms with E-state index in [0.717, 1.165) is 10.7 Å². The number of rotatable bonds is 4. The zero-order valence-electron chi connectivity index (χ0n) is 8.67. The highest BCUT2D eigenvalue weighted by Crippen LogP contribution is 2.23. The molecule has 0 unspecified atom stereocenters. The Labute approximate surface area is 103 Å². The highest BCUT2D eigenvalue weighted by Gasteiger charge is 2.29. The summed E-state index contributed by atoms with van der Waals surface area (Å²) in [5.74, 6) is 0. The second-order valence-electron chi connectivity index (χ2n) is 3.55. The van der Waals surface area contributed by atoms with E-state index in [2.05, 4.69) is 15.9 Å². The van der Waals surface area contributed by atoms with E-state index in [9.17, 15) is 13.5 Å². The molecule has 0 aliphatic carbocycles. The van der Waals surface area contributed by atoms with Crippen molar-refractivity contribution in [2.24, 2.45) is 0 Å². The van der Waals surface area contributed by atoms with E-state index in [4.69, 9.17) is 5.11 Å². The van der Waals surface area contributed by atoms with Gasteiger partial charge in [0, 0.05) is 10.7 Å². The zero-order chi connectivity index (χ0) is 12.3. The van der Waals surface area contributed by atoms with Crippen LogP contribution in [-0.2, 0) is 9.84 Å². The molecule has 0 radical (unpaired) electrons. The summed E-state index contributed by atoms with van der Waals surface area (Å²) in [5.41, 5.74) is 0.465. The maximum atomic E-state index is 11.3. The van der Waals surface area contributed by atoms with Gasteiger partial charge in [-0.25, -0.2) is 8.42 Å². The van der Waals surface area contributed by atoms with Crippen molar-refractivity contribution >= 4 is 25.8 Å². The molecule has 0 saturated carbocycles. The van der Waals surface area contributed by atoms with Crippen LogP contribution in [0.5, 0.6) is 0 Å². The van der Waals surface area contributed by atoms with Crippen molar-refractivity contribution < 1.29 is 18.6 Å². The second-order valence-corrected chi connectivity index (χ2v) is 6.73. The number of halogens is 1. The fourth-order valence-electron chi connectivity index (χ4n) is 1.34. The Kier molecular flexibility index (Phi) is 4.49. The molecular formula is C10H13BrO4S. The summed E-state index contributed by atoms with van der Waals surface area (Å²) < 4.78 is 23.5. The monoisotopic (exact) mass is 308 g/mol. The molecule has 1 aromatic rings. The van der Waals surface area contributed by atoms with Gasteiger partial charge >= 0.3 is 0 Å². The van der Waals surface area contributed by atoms with E-state index >= 15 is 0 Å². The maximum absolute atomic E-state index is 11.3. The van der Waals surface area contributed by atoms with Crippen molar-refractivity contribution in [2.45, 2.75) is 11.4 Å². The molecule has 0 saturated heterocycles. The van der Waals surface area contributed by atoms with Gasteiger partial charge in [0.25, 0.3) is 0 Å². The number of sulfone groups is 1. The third kappa shape index (κ3) is 3.28. The van der Waals surface area contributed by atoms with Gasteiger partial charge in [0.1, 0.15) is 5.25 Å². The average molecular weight is 309 g/mol. The van der Waals surface area contributed by atoms with E-state index in [1.54, 1.807) is 24.3 Å². The topological polar surface area (TPSA) is 74.6 Å². The van der Waals surface area contributed by atoms with Crippen LogP contribution >= 0.6 is 15.9 Å². The molecule has 1 aromatic carbocycles. The predicted octanol–water partition coefficient (Wildman–Crippen LogP) is 0.888. The molecule has 0 heterocycles. The van der Waals surface area contributed by atoms with Crippen LogP contribution in [0.15, 0.2) is 28.7 Å². The van der Waals surface area contributed by atoms with Gasteiger partial charge in [-0.1, -0.05) is 28.1 Å². The summed E-state index contributed by atoms with van der Waals surface area (Å²) in [5, 5.41) is 17.7. The first kappa shape index (κ1) is 13.6. The van der Waals surface area contributed by atoms with Crippen LogP contribution in [-0.4, -0.2) is 36.7 Å². The lowest BCUT2D eigenvalue weighted by atomic mass is 10.1. The summed E-state index contributed by atoms with van der Waals surface area (Å²) in [6.07, 6.45) is -0.219. The number of benzene rings is 1. The fourth-order valence-corrected chi connectivity index (χ4v) is 2.50. The first-order valence-electron chi connectivity index (χ1n) is 4.59. The molecule has 90 valence electrons. The summed E-state index contributed by atoms with van der Waals surface area (Å²) >= 11 is 3.24. The van der Waals surface area contributed by atoms with E-state index in [1.807, 2.05) is 0 Å². The normalized spacial score (nSPS) is 15.8. The Hall–Kier alpha value is -0.430. The smallest absolute Gasteiger partial charge is 0.155 e. The van der Waals surface area contributed by atoms with Gasteiger partial charge in [0.05, 0.1) is 12.7 Å². The van der Waals surface area contributed by atoms with Gasteiger partial charge in [-0.15, -0.1) is 0 Å². The Morgan fingerprint density at radius 2 is 1.81 bits per heavy atom. The van der Waals surface area contributed by atoms with E-state index < -0.39 is 27.8 Å². The van der Waals surface area contributed by atoms with Crippen LogP contribution in [0.1, 0.15) is 11.7 Å². The molecule has 0 fully saturated rings. The van der Waals surface area contributed by atoms with Crippen LogP contribution in [0, 0.1) is 0 Å². The van der Waals surface area contributed by atoms with Crippen molar-refractivity contribution in [3.05, 3.63) is 34.3 Å². The van der Waals surface area contributed by atoms with Gasteiger partial charge < -0.3 is 10.2 Å². The molecule has 2 atom stereocenters. The third-order valence-corrected chi connectivity index (χ3v) is 4.33. The molecule has 16 heavy (non-hydrogen) atoms.